The first kappa shape index (κ1) is 15.4. The van der Waals surface area contributed by atoms with Crippen LogP contribution < -0.4 is 10.6 Å². The van der Waals surface area contributed by atoms with Crippen LogP contribution in [0.1, 0.15) is 30.3 Å². The van der Waals surface area contributed by atoms with Gasteiger partial charge in [-0.3, -0.25) is 19.5 Å². The number of hydrogen-bond donors (Lipinski definition) is 2. The predicted molar refractivity (Wildman–Crippen MR) is 77.6 cm³/mol. The molecule has 0 aliphatic carbocycles. The van der Waals surface area contributed by atoms with Gasteiger partial charge >= 0.3 is 0 Å². The van der Waals surface area contributed by atoms with Gasteiger partial charge in [-0.15, -0.1) is 0 Å². The van der Waals surface area contributed by atoms with E-state index in [0.29, 0.717) is 12.6 Å². The van der Waals surface area contributed by atoms with Gasteiger partial charge in [-0.25, -0.2) is 4.98 Å². The van der Waals surface area contributed by atoms with E-state index in [4.69, 9.17) is 0 Å². The number of likely N-dealkylation sites (tertiary alicyclic amines) is 1. The fraction of sp³-hybridized carbons (Fsp3) is 0.571. The molecule has 7 nitrogen and oxygen atoms in total. The SMILES string of the molecule is CCN1CCCC1CNC(=O)CNC(=O)c1cnccn1. The molecule has 2 amide bonds. The monoisotopic (exact) mass is 291 g/mol. The van der Waals surface area contributed by atoms with Crippen molar-refractivity contribution in [3.05, 3.63) is 24.3 Å². The summed E-state index contributed by atoms with van der Waals surface area (Å²) < 4.78 is 0. The zero-order valence-corrected chi connectivity index (χ0v) is 12.2. The van der Waals surface area contributed by atoms with Crippen LogP contribution in [-0.4, -0.2) is 58.9 Å². The van der Waals surface area contributed by atoms with E-state index in [1.54, 1.807) is 0 Å². The molecule has 0 aromatic carbocycles. The number of nitrogens with one attached hydrogen (secondary N) is 2. The van der Waals surface area contributed by atoms with Crippen LogP contribution in [0.4, 0.5) is 0 Å². The van der Waals surface area contributed by atoms with Crippen molar-refractivity contribution in [3.63, 3.8) is 0 Å². The zero-order valence-electron chi connectivity index (χ0n) is 12.2. The van der Waals surface area contributed by atoms with Gasteiger partial charge in [0, 0.05) is 25.0 Å². The van der Waals surface area contributed by atoms with Crippen LogP contribution in [0.3, 0.4) is 0 Å². The molecule has 1 atom stereocenters. The molecule has 2 heterocycles. The number of hydrogen-bond acceptors (Lipinski definition) is 5. The molecule has 1 saturated heterocycles. The molecule has 1 aliphatic heterocycles. The smallest absolute Gasteiger partial charge is 0.271 e. The second-order valence-corrected chi connectivity index (χ2v) is 5.00. The number of amides is 2. The summed E-state index contributed by atoms with van der Waals surface area (Å²) in [7, 11) is 0. The molecule has 21 heavy (non-hydrogen) atoms. The first-order valence-electron chi connectivity index (χ1n) is 7.25. The van der Waals surface area contributed by atoms with E-state index in [2.05, 4.69) is 32.4 Å². The highest BCUT2D eigenvalue weighted by molar-refractivity contribution is 5.94. The Morgan fingerprint density at radius 2 is 2.24 bits per heavy atom. The normalized spacial score (nSPS) is 18.4. The van der Waals surface area contributed by atoms with Crippen molar-refractivity contribution in [1.29, 1.82) is 0 Å². The lowest BCUT2D eigenvalue weighted by Gasteiger charge is -2.22. The third kappa shape index (κ3) is 4.49. The number of carbonyl (C=O) groups excluding carboxylic acids is 2. The fourth-order valence-electron chi connectivity index (χ4n) is 2.50. The summed E-state index contributed by atoms with van der Waals surface area (Å²) in [6, 6.07) is 0.412. The van der Waals surface area contributed by atoms with Crippen molar-refractivity contribution in [3.8, 4) is 0 Å². The van der Waals surface area contributed by atoms with Gasteiger partial charge in [0.25, 0.3) is 5.91 Å². The minimum Gasteiger partial charge on any atom is -0.353 e. The third-order valence-corrected chi connectivity index (χ3v) is 3.65. The van der Waals surface area contributed by atoms with Crippen molar-refractivity contribution >= 4 is 11.8 Å². The van der Waals surface area contributed by atoms with Crippen molar-refractivity contribution < 1.29 is 9.59 Å². The minimum atomic E-state index is -0.394. The maximum absolute atomic E-state index is 11.8. The van der Waals surface area contributed by atoms with Crippen molar-refractivity contribution in [1.82, 2.24) is 25.5 Å². The second kappa shape index (κ2) is 7.68. The van der Waals surface area contributed by atoms with Crippen LogP contribution in [0, 0.1) is 0 Å². The Hall–Kier alpha value is -2.02. The van der Waals surface area contributed by atoms with Crippen molar-refractivity contribution in [2.75, 3.05) is 26.2 Å². The summed E-state index contributed by atoms with van der Waals surface area (Å²) >= 11 is 0. The van der Waals surface area contributed by atoms with E-state index in [-0.39, 0.29) is 18.1 Å². The molecule has 1 unspecified atom stereocenters. The standard InChI is InChI=1S/C14H21N5O2/c1-2-19-7-3-4-11(19)8-17-13(20)10-18-14(21)12-9-15-5-6-16-12/h5-6,9,11H,2-4,7-8,10H2,1H3,(H,17,20)(H,18,21). The molecule has 1 fully saturated rings. The Morgan fingerprint density at radius 1 is 1.38 bits per heavy atom. The average Bonchev–Trinajstić information content (AvgIpc) is 2.99. The van der Waals surface area contributed by atoms with E-state index in [0.717, 1.165) is 19.5 Å². The van der Waals surface area contributed by atoms with Gasteiger partial charge in [0.2, 0.25) is 5.91 Å². The van der Waals surface area contributed by atoms with Gasteiger partial charge in [-0.2, -0.15) is 0 Å². The summed E-state index contributed by atoms with van der Waals surface area (Å²) in [5.41, 5.74) is 0.207. The molecule has 0 spiro atoms. The number of rotatable bonds is 6. The highest BCUT2D eigenvalue weighted by Gasteiger charge is 2.23. The molecule has 7 heteroatoms. The molecule has 0 bridgehead atoms. The predicted octanol–water partition coefficient (Wildman–Crippen LogP) is -0.193. The molecule has 1 aromatic heterocycles. The Balaban J connectivity index is 1.69. The highest BCUT2D eigenvalue weighted by atomic mass is 16.2. The Kier molecular flexibility index (Phi) is 5.62. The Labute approximate surface area is 124 Å². The molecule has 2 rings (SSSR count). The topological polar surface area (TPSA) is 87.2 Å². The molecular formula is C14H21N5O2. The van der Waals surface area contributed by atoms with Gasteiger partial charge in [0.15, 0.2) is 0 Å². The number of nitrogens with zero attached hydrogens (tertiary/aromatic N) is 3. The molecule has 2 N–H and O–H groups in total. The Bertz CT molecular complexity index is 480. The summed E-state index contributed by atoms with van der Waals surface area (Å²) in [6.07, 6.45) is 6.59. The average molecular weight is 291 g/mol. The van der Waals surface area contributed by atoms with Crippen LogP contribution >= 0.6 is 0 Å². The van der Waals surface area contributed by atoms with Crippen molar-refractivity contribution in [2.24, 2.45) is 0 Å². The van der Waals surface area contributed by atoms with E-state index >= 15 is 0 Å². The van der Waals surface area contributed by atoms with Crippen molar-refractivity contribution in [2.45, 2.75) is 25.8 Å². The fourth-order valence-corrected chi connectivity index (χ4v) is 2.50. The van der Waals surface area contributed by atoms with Crippen LogP contribution in [0.25, 0.3) is 0 Å². The quantitative estimate of drug-likeness (QED) is 0.758. The van der Waals surface area contributed by atoms with Crippen LogP contribution in [-0.2, 0) is 4.79 Å². The molecule has 1 aromatic rings. The molecule has 0 saturated carbocycles. The maximum atomic E-state index is 11.8. The van der Waals surface area contributed by atoms with E-state index in [9.17, 15) is 9.59 Å². The van der Waals surface area contributed by atoms with Crippen LogP contribution in [0.2, 0.25) is 0 Å². The first-order chi connectivity index (χ1) is 10.2. The zero-order chi connectivity index (χ0) is 15.1. The van der Waals surface area contributed by atoms with E-state index < -0.39 is 5.91 Å². The lowest BCUT2D eigenvalue weighted by atomic mass is 10.2. The van der Waals surface area contributed by atoms with E-state index in [1.807, 2.05) is 0 Å². The third-order valence-electron chi connectivity index (χ3n) is 3.65. The summed E-state index contributed by atoms with van der Waals surface area (Å²) in [5, 5.41) is 5.40. The lowest BCUT2D eigenvalue weighted by Crippen LogP contribution is -2.43. The maximum Gasteiger partial charge on any atom is 0.271 e. The van der Waals surface area contributed by atoms with Gasteiger partial charge < -0.3 is 10.6 Å². The van der Waals surface area contributed by atoms with Crippen LogP contribution in [0.15, 0.2) is 18.6 Å². The molecule has 0 radical (unpaired) electrons. The molecule has 114 valence electrons. The first-order valence-corrected chi connectivity index (χ1v) is 7.25. The number of carbonyl (C=O) groups is 2. The lowest BCUT2D eigenvalue weighted by molar-refractivity contribution is -0.120. The van der Waals surface area contributed by atoms with Crippen LogP contribution in [0.5, 0.6) is 0 Å². The van der Waals surface area contributed by atoms with E-state index in [1.165, 1.54) is 25.0 Å². The molecular weight excluding hydrogens is 270 g/mol. The highest BCUT2D eigenvalue weighted by Crippen LogP contribution is 2.15. The van der Waals surface area contributed by atoms with Gasteiger partial charge in [-0.1, -0.05) is 6.92 Å². The number of aromatic nitrogens is 2. The minimum absolute atomic E-state index is 0.0474. The summed E-state index contributed by atoms with van der Waals surface area (Å²) in [5.74, 6) is -0.579. The second-order valence-electron chi connectivity index (χ2n) is 5.00. The summed E-state index contributed by atoms with van der Waals surface area (Å²) in [4.78, 5) is 33.5. The van der Waals surface area contributed by atoms with Gasteiger partial charge in [0.05, 0.1) is 12.7 Å². The largest absolute Gasteiger partial charge is 0.353 e. The van der Waals surface area contributed by atoms with Gasteiger partial charge in [0.1, 0.15) is 5.69 Å². The summed E-state index contributed by atoms with van der Waals surface area (Å²) in [6.45, 7) is 4.81. The number of likely N-dealkylation sites (N-methyl/N-ethyl adjacent to an activating group) is 1. The van der Waals surface area contributed by atoms with Gasteiger partial charge in [-0.05, 0) is 25.9 Å². The molecule has 1 aliphatic rings. The Morgan fingerprint density at radius 3 is 2.95 bits per heavy atom.